The zero-order chi connectivity index (χ0) is 31.4. The third-order valence-electron chi connectivity index (χ3n) is 7.19. The number of nitrogens with one attached hydrogen (secondary N) is 1. The summed E-state index contributed by atoms with van der Waals surface area (Å²) in [6, 6.07) is 18.0. The van der Waals surface area contributed by atoms with Crippen molar-refractivity contribution in [3.05, 3.63) is 89.7 Å². The Labute approximate surface area is 262 Å². The van der Waals surface area contributed by atoms with E-state index < -0.39 is 11.7 Å². The van der Waals surface area contributed by atoms with Gasteiger partial charge in [0.25, 0.3) is 0 Å². The highest BCUT2D eigenvalue weighted by Crippen LogP contribution is 2.37. The molecule has 0 radical (unpaired) electrons. The van der Waals surface area contributed by atoms with Gasteiger partial charge in [-0.25, -0.2) is 9.67 Å². The number of hydrogen-bond donors (Lipinski definition) is 1. The topological polar surface area (TPSA) is 84.6 Å². The van der Waals surface area contributed by atoms with Crippen LogP contribution in [0.4, 0.5) is 18.9 Å². The Hall–Kier alpha value is -4.23. The minimum Gasteiger partial charge on any atom is -0.497 e. The lowest BCUT2D eigenvalue weighted by molar-refractivity contribution is -0.137. The zero-order valence-corrected chi connectivity index (χ0v) is 25.8. The average Bonchev–Trinajstić information content (AvgIpc) is 3.66. The molecule has 0 saturated carbocycles. The van der Waals surface area contributed by atoms with Crippen LogP contribution in [0.3, 0.4) is 0 Å². The number of hydrogen-bond acceptors (Lipinski definition) is 6. The molecule has 2 heterocycles. The second-order valence-corrected chi connectivity index (χ2v) is 11.4. The number of aliphatic imine (C=N–C) groups is 1. The molecule has 5 rings (SSSR count). The molecule has 0 spiro atoms. The molecule has 1 amide bonds. The molecule has 0 bridgehead atoms. The van der Waals surface area contributed by atoms with Crippen molar-refractivity contribution in [1.82, 2.24) is 20.1 Å². The van der Waals surface area contributed by atoms with Gasteiger partial charge < -0.3 is 10.1 Å². The van der Waals surface area contributed by atoms with Crippen molar-refractivity contribution in [2.45, 2.75) is 38.9 Å². The predicted molar refractivity (Wildman–Crippen MR) is 170 cm³/mol. The van der Waals surface area contributed by atoms with Gasteiger partial charge in [-0.15, -0.1) is 5.10 Å². The smallest absolute Gasteiger partial charge is 0.416 e. The van der Waals surface area contributed by atoms with E-state index in [1.54, 1.807) is 12.0 Å². The lowest BCUT2D eigenvalue weighted by atomic mass is 9.96. The highest BCUT2D eigenvalue weighted by atomic mass is 32.2. The monoisotopic (exact) mass is 638 g/mol. The van der Waals surface area contributed by atoms with Gasteiger partial charge in [0.2, 0.25) is 5.91 Å². The first-order valence-corrected chi connectivity index (χ1v) is 15.2. The van der Waals surface area contributed by atoms with Crippen molar-refractivity contribution in [3.8, 4) is 22.8 Å². The van der Waals surface area contributed by atoms with Gasteiger partial charge in [-0.3, -0.25) is 9.69 Å². The largest absolute Gasteiger partial charge is 0.497 e. The SMILES string of the molecule is CCC(C)c1ccc(OC)cc1N1C(=O)CS/C1=N\C(=S)NCc1ccc(-c2ncn(-c3ccc(C(F)(F)F)cc3)n2)cc1. The summed E-state index contributed by atoms with van der Waals surface area (Å²) in [6.45, 7) is 4.62. The van der Waals surface area contributed by atoms with Crippen molar-refractivity contribution in [2.75, 3.05) is 17.8 Å². The number of amides is 1. The molecular formula is C31H29F3N6O2S2. The Kier molecular flexibility index (Phi) is 9.35. The molecule has 1 atom stereocenters. The first-order chi connectivity index (χ1) is 21.1. The minimum atomic E-state index is -4.40. The van der Waals surface area contributed by atoms with E-state index >= 15 is 0 Å². The lowest BCUT2D eigenvalue weighted by Crippen LogP contribution is -2.32. The van der Waals surface area contributed by atoms with Crippen LogP contribution in [0.25, 0.3) is 17.1 Å². The fourth-order valence-corrected chi connectivity index (χ4v) is 5.64. The Morgan fingerprint density at radius 3 is 2.52 bits per heavy atom. The molecule has 1 aliphatic rings. The number of methoxy groups -OCH3 is 1. The number of carbonyl (C=O) groups is 1. The molecule has 4 aromatic rings. The number of ether oxygens (including phenoxy) is 1. The van der Waals surface area contributed by atoms with Crippen molar-refractivity contribution < 1.29 is 22.7 Å². The van der Waals surface area contributed by atoms with Crippen molar-refractivity contribution in [1.29, 1.82) is 0 Å². The van der Waals surface area contributed by atoms with E-state index in [-0.39, 0.29) is 22.7 Å². The van der Waals surface area contributed by atoms with Crippen LogP contribution in [0, 0.1) is 0 Å². The fourth-order valence-electron chi connectivity index (χ4n) is 4.56. The average molecular weight is 639 g/mol. The summed E-state index contributed by atoms with van der Waals surface area (Å²) in [5.41, 5.74) is 3.20. The number of thioether (sulfide) groups is 1. The van der Waals surface area contributed by atoms with Crippen LogP contribution in [0.2, 0.25) is 0 Å². The van der Waals surface area contributed by atoms with Gasteiger partial charge in [0.05, 0.1) is 29.8 Å². The summed E-state index contributed by atoms with van der Waals surface area (Å²) in [5, 5.41) is 8.30. The summed E-state index contributed by atoms with van der Waals surface area (Å²) < 4.78 is 45.4. The molecule has 13 heteroatoms. The Balaban J connectivity index is 1.25. The Bertz CT molecular complexity index is 1690. The molecule has 44 heavy (non-hydrogen) atoms. The van der Waals surface area contributed by atoms with E-state index in [0.29, 0.717) is 29.0 Å². The van der Waals surface area contributed by atoms with Gasteiger partial charge in [-0.1, -0.05) is 55.9 Å². The number of anilines is 1. The quantitative estimate of drug-likeness (QED) is 0.208. The first kappa shape index (κ1) is 31.2. The second kappa shape index (κ2) is 13.2. The summed E-state index contributed by atoms with van der Waals surface area (Å²) in [5.74, 6) is 1.52. The number of amidine groups is 1. The zero-order valence-electron chi connectivity index (χ0n) is 24.1. The van der Waals surface area contributed by atoms with Crippen molar-refractivity contribution in [2.24, 2.45) is 4.99 Å². The van der Waals surface area contributed by atoms with Crippen LogP contribution in [-0.4, -0.2) is 43.8 Å². The highest BCUT2D eigenvalue weighted by Gasteiger charge is 2.33. The van der Waals surface area contributed by atoms with Crippen LogP contribution < -0.4 is 15.0 Å². The maximum absolute atomic E-state index is 13.0. The summed E-state index contributed by atoms with van der Waals surface area (Å²) >= 11 is 6.85. The maximum atomic E-state index is 13.0. The summed E-state index contributed by atoms with van der Waals surface area (Å²) in [7, 11) is 1.59. The van der Waals surface area contributed by atoms with Gasteiger partial charge in [-0.05, 0) is 66.0 Å². The number of aromatic nitrogens is 3. The number of benzene rings is 3. The van der Waals surface area contributed by atoms with Crippen LogP contribution >= 0.6 is 24.0 Å². The molecule has 1 unspecified atom stereocenters. The third-order valence-corrected chi connectivity index (χ3v) is 8.35. The number of alkyl halides is 3. The molecule has 1 N–H and O–H groups in total. The third kappa shape index (κ3) is 6.94. The van der Waals surface area contributed by atoms with E-state index in [1.807, 2.05) is 42.5 Å². The molecule has 3 aromatic carbocycles. The number of carbonyl (C=O) groups excluding carboxylic acids is 1. The summed E-state index contributed by atoms with van der Waals surface area (Å²) in [4.78, 5) is 23.5. The second-order valence-electron chi connectivity index (χ2n) is 10.1. The molecular weight excluding hydrogens is 610 g/mol. The van der Waals surface area contributed by atoms with Crippen LogP contribution in [0.5, 0.6) is 5.75 Å². The number of thiocarbonyl (C=S) groups is 1. The van der Waals surface area contributed by atoms with E-state index in [0.717, 1.165) is 40.9 Å². The van der Waals surface area contributed by atoms with Gasteiger partial charge in [0, 0.05) is 18.2 Å². The molecule has 1 aromatic heterocycles. The van der Waals surface area contributed by atoms with Crippen LogP contribution in [0.1, 0.15) is 42.9 Å². The van der Waals surface area contributed by atoms with E-state index in [1.165, 1.54) is 34.9 Å². The highest BCUT2D eigenvalue weighted by molar-refractivity contribution is 8.15. The maximum Gasteiger partial charge on any atom is 0.416 e. The van der Waals surface area contributed by atoms with Gasteiger partial charge >= 0.3 is 6.18 Å². The summed E-state index contributed by atoms with van der Waals surface area (Å²) in [6.07, 6.45) is -2.03. The lowest BCUT2D eigenvalue weighted by Gasteiger charge is -2.23. The Morgan fingerprint density at radius 2 is 1.86 bits per heavy atom. The molecule has 228 valence electrons. The van der Waals surface area contributed by atoms with Crippen LogP contribution in [0.15, 0.2) is 78.0 Å². The molecule has 1 fully saturated rings. The number of nitrogens with zero attached hydrogens (tertiary/aromatic N) is 5. The number of halogens is 3. The molecule has 1 saturated heterocycles. The normalized spacial score (nSPS) is 15.1. The van der Waals surface area contributed by atoms with E-state index in [9.17, 15) is 18.0 Å². The standard InChI is InChI=1S/C31H29F3N6O2S2/c1-4-19(2)25-14-13-24(42-3)15-26(25)40-27(41)17-44-30(40)37-29(43)35-16-20-5-7-21(8-6-20)28-36-18-39(38-28)23-11-9-22(10-12-23)31(32,33)34/h5-15,18-19H,4,16-17H2,1-3H3,(H,35,43)/b37-30-. The van der Waals surface area contributed by atoms with E-state index in [2.05, 4.69) is 34.2 Å². The van der Waals surface area contributed by atoms with Gasteiger partial charge in [0.15, 0.2) is 16.1 Å². The van der Waals surface area contributed by atoms with Gasteiger partial charge in [0.1, 0.15) is 12.1 Å². The van der Waals surface area contributed by atoms with E-state index in [4.69, 9.17) is 17.0 Å². The molecule has 8 nitrogen and oxygen atoms in total. The molecule has 1 aliphatic heterocycles. The van der Waals surface area contributed by atoms with Crippen LogP contribution in [-0.2, 0) is 17.5 Å². The van der Waals surface area contributed by atoms with Gasteiger partial charge in [-0.2, -0.15) is 18.2 Å². The molecule has 0 aliphatic carbocycles. The predicted octanol–water partition coefficient (Wildman–Crippen LogP) is 6.99. The first-order valence-electron chi connectivity index (χ1n) is 13.8. The van der Waals surface area contributed by atoms with Crippen molar-refractivity contribution in [3.63, 3.8) is 0 Å². The van der Waals surface area contributed by atoms with Crippen molar-refractivity contribution >= 4 is 45.9 Å². The minimum absolute atomic E-state index is 0.0701. The number of rotatable bonds is 8. The fraction of sp³-hybridized carbons (Fsp3) is 0.258. The Morgan fingerprint density at radius 1 is 1.14 bits per heavy atom.